The van der Waals surface area contributed by atoms with Crippen molar-refractivity contribution >= 4 is 34.8 Å². The number of hydrogen-bond acceptors (Lipinski definition) is 3. The number of carbonyl (C=O) groups excluding carboxylic acids is 3. The number of nitrogens with zero attached hydrogens (tertiary/aromatic N) is 2. The molecule has 2 aliphatic rings. The number of carbonyl (C=O) groups is 3. The van der Waals surface area contributed by atoms with Crippen molar-refractivity contribution in [1.29, 1.82) is 0 Å². The van der Waals surface area contributed by atoms with Crippen LogP contribution in [0.15, 0.2) is 42.5 Å². The van der Waals surface area contributed by atoms with Gasteiger partial charge < -0.3 is 15.1 Å². The van der Waals surface area contributed by atoms with E-state index in [1.165, 1.54) is 0 Å². The van der Waals surface area contributed by atoms with E-state index in [-0.39, 0.29) is 30.1 Å². The first-order valence-electron chi connectivity index (χ1n) is 9.51. The molecule has 1 N–H and O–H groups in total. The lowest BCUT2D eigenvalue weighted by molar-refractivity contribution is -0.122. The van der Waals surface area contributed by atoms with E-state index in [1.54, 1.807) is 16.7 Å². The van der Waals surface area contributed by atoms with Crippen LogP contribution in [0.4, 0.5) is 17.1 Å². The Hall–Kier alpha value is -3.15. The summed E-state index contributed by atoms with van der Waals surface area (Å²) in [5.41, 5.74) is 4.59. The molecule has 144 valence electrons. The number of rotatable bonds is 3. The van der Waals surface area contributed by atoms with Gasteiger partial charge in [0.2, 0.25) is 17.7 Å². The van der Waals surface area contributed by atoms with E-state index in [0.717, 1.165) is 34.6 Å². The number of benzene rings is 2. The zero-order chi connectivity index (χ0) is 19.8. The summed E-state index contributed by atoms with van der Waals surface area (Å²) >= 11 is 0. The van der Waals surface area contributed by atoms with E-state index >= 15 is 0 Å². The van der Waals surface area contributed by atoms with E-state index in [2.05, 4.69) is 5.32 Å². The maximum Gasteiger partial charge on any atom is 0.229 e. The lowest BCUT2D eigenvalue weighted by Crippen LogP contribution is -2.28. The Morgan fingerprint density at radius 1 is 1.14 bits per heavy atom. The number of aryl methyl sites for hydroxylation is 1. The minimum absolute atomic E-state index is 0.0247. The molecule has 1 fully saturated rings. The molecule has 1 saturated heterocycles. The number of fused-ring (bicyclic) bond motifs is 1. The van der Waals surface area contributed by atoms with E-state index in [4.69, 9.17) is 0 Å². The second-order valence-electron chi connectivity index (χ2n) is 7.50. The van der Waals surface area contributed by atoms with Crippen molar-refractivity contribution < 1.29 is 14.4 Å². The number of nitrogens with one attached hydrogen (secondary N) is 1. The van der Waals surface area contributed by atoms with Gasteiger partial charge in [0.15, 0.2) is 0 Å². The number of anilines is 3. The van der Waals surface area contributed by atoms with Gasteiger partial charge in [0.25, 0.3) is 0 Å². The van der Waals surface area contributed by atoms with Crippen LogP contribution in [0, 0.1) is 12.8 Å². The van der Waals surface area contributed by atoms with Gasteiger partial charge in [0, 0.05) is 43.5 Å². The molecule has 2 aromatic rings. The Morgan fingerprint density at radius 2 is 1.96 bits per heavy atom. The SMILES string of the molecule is CC(=O)N1CCc2cc(N3C[C@H](C(=O)Nc4cccc(C)c4)CC3=O)ccc21. The fourth-order valence-electron chi connectivity index (χ4n) is 3.98. The van der Waals surface area contributed by atoms with Crippen LogP contribution in [0.25, 0.3) is 0 Å². The van der Waals surface area contributed by atoms with Crippen molar-refractivity contribution in [2.75, 3.05) is 28.2 Å². The molecule has 0 unspecified atom stereocenters. The molecule has 0 aliphatic carbocycles. The fraction of sp³-hybridized carbons (Fsp3) is 0.318. The predicted molar refractivity (Wildman–Crippen MR) is 108 cm³/mol. The average molecular weight is 377 g/mol. The van der Waals surface area contributed by atoms with Crippen molar-refractivity contribution in [2.45, 2.75) is 26.7 Å². The van der Waals surface area contributed by atoms with Gasteiger partial charge >= 0.3 is 0 Å². The minimum Gasteiger partial charge on any atom is -0.326 e. The maximum atomic E-state index is 12.6. The van der Waals surface area contributed by atoms with Gasteiger partial charge in [-0.25, -0.2) is 0 Å². The quantitative estimate of drug-likeness (QED) is 0.894. The van der Waals surface area contributed by atoms with Gasteiger partial charge in [-0.15, -0.1) is 0 Å². The molecular formula is C22H23N3O3. The van der Waals surface area contributed by atoms with Crippen LogP contribution in [0.3, 0.4) is 0 Å². The summed E-state index contributed by atoms with van der Waals surface area (Å²) in [6.45, 7) is 4.57. The second-order valence-corrected chi connectivity index (χ2v) is 7.50. The van der Waals surface area contributed by atoms with E-state index in [0.29, 0.717) is 13.1 Å². The van der Waals surface area contributed by atoms with Crippen molar-refractivity contribution in [2.24, 2.45) is 5.92 Å². The highest BCUT2D eigenvalue weighted by Gasteiger charge is 2.36. The zero-order valence-electron chi connectivity index (χ0n) is 16.1. The monoisotopic (exact) mass is 377 g/mol. The van der Waals surface area contributed by atoms with Gasteiger partial charge in [-0.3, -0.25) is 14.4 Å². The van der Waals surface area contributed by atoms with Crippen molar-refractivity contribution in [1.82, 2.24) is 0 Å². The molecule has 0 spiro atoms. The molecule has 3 amide bonds. The normalized spacial score (nSPS) is 18.4. The molecule has 4 rings (SSSR count). The summed E-state index contributed by atoms with van der Waals surface area (Å²) in [5.74, 6) is -0.539. The third-order valence-corrected chi connectivity index (χ3v) is 5.43. The van der Waals surface area contributed by atoms with Crippen LogP contribution in [-0.2, 0) is 20.8 Å². The summed E-state index contributed by atoms with van der Waals surface area (Å²) in [6, 6.07) is 13.3. The van der Waals surface area contributed by atoms with Crippen LogP contribution >= 0.6 is 0 Å². The van der Waals surface area contributed by atoms with Crippen LogP contribution in [-0.4, -0.2) is 30.8 Å². The molecule has 0 saturated carbocycles. The largest absolute Gasteiger partial charge is 0.326 e. The number of amides is 3. The van der Waals surface area contributed by atoms with Crippen LogP contribution < -0.4 is 15.1 Å². The maximum absolute atomic E-state index is 12.6. The van der Waals surface area contributed by atoms with Crippen molar-refractivity contribution in [3.05, 3.63) is 53.6 Å². The average Bonchev–Trinajstić information content (AvgIpc) is 3.24. The summed E-state index contributed by atoms with van der Waals surface area (Å²) in [7, 11) is 0. The molecule has 0 bridgehead atoms. The van der Waals surface area contributed by atoms with Crippen molar-refractivity contribution in [3.63, 3.8) is 0 Å². The minimum atomic E-state index is -0.380. The first-order valence-corrected chi connectivity index (χ1v) is 9.51. The van der Waals surface area contributed by atoms with Gasteiger partial charge in [-0.1, -0.05) is 12.1 Å². The first-order chi connectivity index (χ1) is 13.4. The van der Waals surface area contributed by atoms with Gasteiger partial charge in [0.1, 0.15) is 0 Å². The van der Waals surface area contributed by atoms with Crippen LogP contribution in [0.5, 0.6) is 0 Å². The molecule has 6 nitrogen and oxygen atoms in total. The molecule has 6 heteroatoms. The third-order valence-electron chi connectivity index (χ3n) is 5.43. The Morgan fingerprint density at radius 3 is 2.71 bits per heavy atom. The van der Waals surface area contributed by atoms with Crippen LogP contribution in [0.1, 0.15) is 24.5 Å². The summed E-state index contributed by atoms with van der Waals surface area (Å²) in [4.78, 5) is 40.3. The Balaban J connectivity index is 1.48. The van der Waals surface area contributed by atoms with Gasteiger partial charge in [-0.2, -0.15) is 0 Å². The smallest absolute Gasteiger partial charge is 0.229 e. The van der Waals surface area contributed by atoms with E-state index < -0.39 is 0 Å². The Bertz CT molecular complexity index is 969. The summed E-state index contributed by atoms with van der Waals surface area (Å²) in [5, 5.41) is 2.92. The molecule has 1 atom stereocenters. The van der Waals surface area contributed by atoms with E-state index in [9.17, 15) is 14.4 Å². The molecular weight excluding hydrogens is 354 g/mol. The molecule has 2 aliphatic heterocycles. The van der Waals surface area contributed by atoms with Crippen LogP contribution in [0.2, 0.25) is 0 Å². The molecule has 2 aromatic carbocycles. The Labute approximate surface area is 164 Å². The van der Waals surface area contributed by atoms with Gasteiger partial charge in [-0.05, 0) is 54.8 Å². The summed E-state index contributed by atoms with van der Waals surface area (Å²) in [6.07, 6.45) is 0.983. The number of hydrogen-bond donors (Lipinski definition) is 1. The third kappa shape index (κ3) is 3.38. The highest BCUT2D eigenvalue weighted by atomic mass is 16.2. The highest BCUT2D eigenvalue weighted by molar-refractivity contribution is 6.04. The lowest BCUT2D eigenvalue weighted by Gasteiger charge is -2.19. The molecule has 0 radical (unpaired) electrons. The zero-order valence-corrected chi connectivity index (χ0v) is 16.1. The topological polar surface area (TPSA) is 69.7 Å². The molecule has 28 heavy (non-hydrogen) atoms. The van der Waals surface area contributed by atoms with E-state index in [1.807, 2.05) is 49.4 Å². The first kappa shape index (κ1) is 18.2. The second kappa shape index (κ2) is 7.11. The van der Waals surface area contributed by atoms with Gasteiger partial charge in [0.05, 0.1) is 5.92 Å². The Kier molecular flexibility index (Phi) is 4.63. The van der Waals surface area contributed by atoms with Crippen molar-refractivity contribution in [3.8, 4) is 0 Å². The standard InChI is InChI=1S/C22H23N3O3/c1-14-4-3-5-18(10-14)23-22(28)17-12-21(27)25(13-17)19-6-7-20-16(11-19)8-9-24(20)15(2)26/h3-7,10-11,17H,8-9,12-13H2,1-2H3,(H,23,28)/t17-/m1/s1. The highest BCUT2D eigenvalue weighted by Crippen LogP contribution is 2.34. The fourth-order valence-corrected chi connectivity index (χ4v) is 3.98. The summed E-state index contributed by atoms with van der Waals surface area (Å²) < 4.78 is 0. The molecule has 2 heterocycles. The lowest BCUT2D eigenvalue weighted by atomic mass is 10.1. The molecule has 0 aromatic heterocycles. The predicted octanol–water partition coefficient (Wildman–Crippen LogP) is 2.90.